The zero-order chi connectivity index (χ0) is 13.2. The van der Waals surface area contributed by atoms with E-state index >= 15 is 0 Å². The van der Waals surface area contributed by atoms with Gasteiger partial charge >= 0.3 is 0 Å². The minimum atomic E-state index is -3.43. The second-order valence-electron chi connectivity index (χ2n) is 4.70. The summed E-state index contributed by atoms with van der Waals surface area (Å²) in [6, 6.07) is 0. The molecule has 0 saturated carbocycles. The summed E-state index contributed by atoms with van der Waals surface area (Å²) in [5.74, 6) is 0.480. The Hall–Kier alpha value is -0.880. The molecule has 0 amide bonds. The minimum Gasteiger partial charge on any atom is -0.271 e. The van der Waals surface area contributed by atoms with Crippen molar-refractivity contribution in [1.82, 2.24) is 14.5 Å². The number of aromatic nitrogens is 2. The summed E-state index contributed by atoms with van der Waals surface area (Å²) in [6.45, 7) is 8.07. The van der Waals surface area contributed by atoms with Gasteiger partial charge in [-0.2, -0.15) is 5.10 Å². The predicted molar refractivity (Wildman–Crippen MR) is 67.3 cm³/mol. The van der Waals surface area contributed by atoms with Gasteiger partial charge in [0.2, 0.25) is 10.0 Å². The summed E-state index contributed by atoms with van der Waals surface area (Å²) in [7, 11) is -1.68. The van der Waals surface area contributed by atoms with Crippen LogP contribution < -0.4 is 4.72 Å². The number of hydrogen-bond acceptors (Lipinski definition) is 3. The van der Waals surface area contributed by atoms with Gasteiger partial charge in [-0.25, -0.2) is 13.1 Å². The monoisotopic (exact) mass is 259 g/mol. The van der Waals surface area contributed by atoms with Crippen molar-refractivity contribution in [2.45, 2.75) is 39.0 Å². The fourth-order valence-corrected chi connectivity index (χ4v) is 3.18. The van der Waals surface area contributed by atoms with E-state index in [1.165, 1.54) is 0 Å². The van der Waals surface area contributed by atoms with Crippen LogP contribution in [0.15, 0.2) is 4.90 Å². The van der Waals surface area contributed by atoms with Crippen LogP contribution in [-0.4, -0.2) is 24.7 Å². The van der Waals surface area contributed by atoms with E-state index in [0.29, 0.717) is 28.7 Å². The highest BCUT2D eigenvalue weighted by atomic mass is 32.2. The van der Waals surface area contributed by atoms with E-state index in [9.17, 15) is 8.42 Å². The number of nitrogens with zero attached hydrogens (tertiary/aromatic N) is 2. The van der Waals surface area contributed by atoms with Gasteiger partial charge in [0.25, 0.3) is 0 Å². The normalized spacial score (nSPS) is 12.4. The van der Waals surface area contributed by atoms with Crippen molar-refractivity contribution in [3.63, 3.8) is 0 Å². The van der Waals surface area contributed by atoms with E-state index in [0.717, 1.165) is 6.42 Å². The first kappa shape index (κ1) is 14.2. The lowest BCUT2D eigenvalue weighted by atomic mass is 10.1. The fourth-order valence-electron chi connectivity index (χ4n) is 1.70. The van der Waals surface area contributed by atoms with E-state index in [4.69, 9.17) is 0 Å². The van der Waals surface area contributed by atoms with E-state index in [1.807, 2.05) is 0 Å². The molecule has 1 rings (SSSR count). The Kier molecular flexibility index (Phi) is 4.32. The molecule has 0 aliphatic carbocycles. The first-order chi connectivity index (χ1) is 7.75. The quantitative estimate of drug-likeness (QED) is 0.868. The molecule has 0 atom stereocenters. The van der Waals surface area contributed by atoms with Crippen LogP contribution >= 0.6 is 0 Å². The van der Waals surface area contributed by atoms with Gasteiger partial charge in [-0.3, -0.25) is 4.68 Å². The number of aryl methyl sites for hydroxylation is 2. The number of nitrogens with one attached hydrogen (secondary N) is 1. The maximum Gasteiger partial charge on any atom is 0.244 e. The maximum absolute atomic E-state index is 12.1. The Morgan fingerprint density at radius 3 is 2.35 bits per heavy atom. The third-order valence-electron chi connectivity index (χ3n) is 2.73. The van der Waals surface area contributed by atoms with Gasteiger partial charge in [-0.15, -0.1) is 0 Å². The molecule has 0 aromatic carbocycles. The van der Waals surface area contributed by atoms with Crippen molar-refractivity contribution >= 4 is 10.0 Å². The largest absolute Gasteiger partial charge is 0.271 e. The Morgan fingerprint density at radius 2 is 1.94 bits per heavy atom. The lowest BCUT2D eigenvalue weighted by Gasteiger charge is -2.08. The highest BCUT2D eigenvalue weighted by Gasteiger charge is 2.23. The van der Waals surface area contributed by atoms with Crippen LogP contribution in [-0.2, 0) is 17.1 Å². The lowest BCUT2D eigenvalue weighted by Crippen LogP contribution is -2.26. The predicted octanol–water partition coefficient (Wildman–Crippen LogP) is 1.36. The van der Waals surface area contributed by atoms with Crippen LogP contribution in [0.25, 0.3) is 0 Å². The molecule has 0 fully saturated rings. The molecule has 0 bridgehead atoms. The zero-order valence-electron chi connectivity index (χ0n) is 11.1. The van der Waals surface area contributed by atoms with Gasteiger partial charge in [-0.05, 0) is 26.2 Å². The maximum atomic E-state index is 12.1. The summed E-state index contributed by atoms with van der Waals surface area (Å²) in [6.07, 6.45) is 0.831. The molecule has 0 unspecified atom stereocenters. The van der Waals surface area contributed by atoms with E-state index < -0.39 is 10.0 Å². The molecule has 1 aromatic heterocycles. The van der Waals surface area contributed by atoms with Gasteiger partial charge in [-0.1, -0.05) is 13.8 Å². The van der Waals surface area contributed by atoms with Crippen LogP contribution in [0.2, 0.25) is 0 Å². The first-order valence-corrected chi connectivity index (χ1v) is 7.24. The summed E-state index contributed by atoms with van der Waals surface area (Å²) in [5, 5.41) is 4.12. The van der Waals surface area contributed by atoms with E-state index in [2.05, 4.69) is 23.7 Å². The molecule has 1 N–H and O–H groups in total. The smallest absolute Gasteiger partial charge is 0.244 e. The average molecular weight is 259 g/mol. The van der Waals surface area contributed by atoms with Crippen LogP contribution in [0, 0.1) is 19.8 Å². The molecule has 1 aromatic rings. The van der Waals surface area contributed by atoms with Crippen molar-refractivity contribution in [2.75, 3.05) is 6.54 Å². The Labute approximate surface area is 103 Å². The van der Waals surface area contributed by atoms with E-state index in [1.54, 1.807) is 25.6 Å². The molecule has 98 valence electrons. The lowest BCUT2D eigenvalue weighted by molar-refractivity contribution is 0.550. The molecular weight excluding hydrogens is 238 g/mol. The summed E-state index contributed by atoms with van der Waals surface area (Å²) in [5.41, 5.74) is 1.21. The first-order valence-electron chi connectivity index (χ1n) is 5.75. The Bertz CT molecular complexity index is 489. The summed E-state index contributed by atoms with van der Waals surface area (Å²) in [4.78, 5) is 0.309. The average Bonchev–Trinajstić information content (AvgIpc) is 2.40. The van der Waals surface area contributed by atoms with Crippen LogP contribution in [0.3, 0.4) is 0 Å². The Balaban J connectivity index is 2.90. The fraction of sp³-hybridized carbons (Fsp3) is 0.727. The van der Waals surface area contributed by atoms with Gasteiger partial charge < -0.3 is 0 Å². The molecule has 0 saturated heterocycles. The van der Waals surface area contributed by atoms with Crippen molar-refractivity contribution < 1.29 is 8.42 Å². The minimum absolute atomic E-state index is 0.309. The highest BCUT2D eigenvalue weighted by Crippen LogP contribution is 2.18. The topological polar surface area (TPSA) is 64.0 Å². The molecule has 5 nitrogen and oxygen atoms in total. The SMILES string of the molecule is Cc1nn(C)c(C)c1S(=O)(=O)NCCC(C)C. The van der Waals surface area contributed by atoms with Crippen molar-refractivity contribution in [3.8, 4) is 0 Å². The van der Waals surface area contributed by atoms with Crippen molar-refractivity contribution in [1.29, 1.82) is 0 Å². The van der Waals surface area contributed by atoms with Crippen molar-refractivity contribution in [2.24, 2.45) is 13.0 Å². The zero-order valence-corrected chi connectivity index (χ0v) is 11.9. The molecule has 0 aliphatic heterocycles. The molecule has 17 heavy (non-hydrogen) atoms. The highest BCUT2D eigenvalue weighted by molar-refractivity contribution is 7.89. The molecule has 0 aliphatic rings. The molecule has 0 radical (unpaired) electrons. The summed E-state index contributed by atoms with van der Waals surface area (Å²) < 4.78 is 28.4. The molecule has 1 heterocycles. The van der Waals surface area contributed by atoms with Gasteiger partial charge in [0.1, 0.15) is 4.90 Å². The van der Waals surface area contributed by atoms with Gasteiger partial charge in [0, 0.05) is 13.6 Å². The third-order valence-corrected chi connectivity index (χ3v) is 4.44. The number of sulfonamides is 1. The van der Waals surface area contributed by atoms with Crippen LogP contribution in [0.5, 0.6) is 0 Å². The van der Waals surface area contributed by atoms with Gasteiger partial charge in [0.15, 0.2) is 0 Å². The standard InChI is InChI=1S/C11H21N3O2S/c1-8(2)6-7-12-17(15,16)11-9(3)13-14(5)10(11)4/h8,12H,6-7H2,1-5H3. The number of rotatable bonds is 5. The Morgan fingerprint density at radius 1 is 1.35 bits per heavy atom. The van der Waals surface area contributed by atoms with Crippen LogP contribution in [0.1, 0.15) is 31.7 Å². The molecule has 0 spiro atoms. The third kappa shape index (κ3) is 3.29. The summed E-state index contributed by atoms with van der Waals surface area (Å²) >= 11 is 0. The molecule has 6 heteroatoms. The van der Waals surface area contributed by atoms with Crippen molar-refractivity contribution in [3.05, 3.63) is 11.4 Å². The van der Waals surface area contributed by atoms with Crippen LogP contribution in [0.4, 0.5) is 0 Å². The van der Waals surface area contributed by atoms with Gasteiger partial charge in [0.05, 0.1) is 11.4 Å². The number of hydrogen-bond donors (Lipinski definition) is 1. The molecular formula is C11H21N3O2S. The second-order valence-corrected chi connectivity index (χ2v) is 6.41. The second kappa shape index (κ2) is 5.18. The van der Waals surface area contributed by atoms with E-state index in [-0.39, 0.29) is 0 Å².